The van der Waals surface area contributed by atoms with Gasteiger partial charge in [-0.25, -0.2) is 22.0 Å². The summed E-state index contributed by atoms with van der Waals surface area (Å²) in [7, 11) is 0. The van der Waals surface area contributed by atoms with E-state index >= 15 is 0 Å². The van der Waals surface area contributed by atoms with Gasteiger partial charge in [0.15, 0.2) is 28.7 Å². The van der Waals surface area contributed by atoms with Gasteiger partial charge in [0.1, 0.15) is 11.3 Å². The van der Waals surface area contributed by atoms with Gasteiger partial charge in [-0.05, 0) is 0 Å². The van der Waals surface area contributed by atoms with E-state index < -0.39 is 51.7 Å². The summed E-state index contributed by atoms with van der Waals surface area (Å²) < 4.78 is 65.5. The van der Waals surface area contributed by atoms with E-state index in [1.807, 2.05) is 0 Å². The normalized spacial score (nSPS) is 10.5. The quantitative estimate of drug-likeness (QED) is 0.508. The molecule has 9 heteroatoms. The first-order valence-electron chi connectivity index (χ1n) is 5.34. The predicted molar refractivity (Wildman–Crippen MR) is 61.2 cm³/mol. The van der Waals surface area contributed by atoms with Crippen LogP contribution in [0.1, 0.15) is 10.4 Å². The number of aromatic amines is 1. The number of hydrogen-bond donors (Lipinski definition) is 2. The number of carbonyl (C=O) groups is 1. The monoisotopic (exact) mass is 304 g/mol. The molecule has 2 N–H and O–H groups in total. The van der Waals surface area contributed by atoms with Crippen molar-refractivity contribution < 1.29 is 26.7 Å². The fourth-order valence-electron chi connectivity index (χ4n) is 1.49. The zero-order valence-corrected chi connectivity index (χ0v) is 9.94. The Kier molecular flexibility index (Phi) is 3.74. The van der Waals surface area contributed by atoms with Gasteiger partial charge in [0.05, 0.1) is 0 Å². The number of rotatable bonds is 2. The largest absolute Gasteiger partial charge is 0.367 e. The van der Waals surface area contributed by atoms with Gasteiger partial charge >= 0.3 is 0 Å². The summed E-state index contributed by atoms with van der Waals surface area (Å²) in [4.78, 5) is 25.3. The standard InChI is InChI=1S/C12H5F5N2O2/c13-6-7(14)9(16)11(10(17)8(6)15)19-12(21)4-3-18-2-1-5(4)20/h1-3H,(H,18,20)(H,19,21). The number of aromatic nitrogens is 1. The molecule has 1 aromatic heterocycles. The molecule has 21 heavy (non-hydrogen) atoms. The molecule has 2 rings (SSSR count). The highest BCUT2D eigenvalue weighted by molar-refractivity contribution is 6.04. The zero-order valence-electron chi connectivity index (χ0n) is 9.94. The van der Waals surface area contributed by atoms with Crippen LogP contribution in [0.25, 0.3) is 0 Å². The highest BCUT2D eigenvalue weighted by atomic mass is 19.2. The second kappa shape index (κ2) is 5.35. The van der Waals surface area contributed by atoms with E-state index in [1.165, 1.54) is 11.5 Å². The first kappa shape index (κ1) is 14.7. The SMILES string of the molecule is O=C(Nc1c(F)c(F)c(F)c(F)c1F)c1c[nH]ccc1=O. The summed E-state index contributed by atoms with van der Waals surface area (Å²) in [5, 5.41) is 1.49. The van der Waals surface area contributed by atoms with Crippen LogP contribution < -0.4 is 10.7 Å². The third-order valence-electron chi connectivity index (χ3n) is 2.52. The summed E-state index contributed by atoms with van der Waals surface area (Å²) in [6, 6.07) is 0.952. The van der Waals surface area contributed by atoms with Gasteiger partial charge in [-0.1, -0.05) is 0 Å². The molecule has 1 aromatic carbocycles. The number of benzene rings is 1. The molecule has 1 amide bonds. The number of hydrogen-bond acceptors (Lipinski definition) is 2. The van der Waals surface area contributed by atoms with Gasteiger partial charge in [0.2, 0.25) is 5.82 Å². The van der Waals surface area contributed by atoms with Crippen molar-refractivity contribution in [3.63, 3.8) is 0 Å². The Labute approximate surface area is 113 Å². The molecule has 0 fully saturated rings. The third kappa shape index (κ3) is 2.49. The molecular weight excluding hydrogens is 299 g/mol. The molecule has 0 spiro atoms. The molecular formula is C12H5F5N2O2. The number of nitrogens with one attached hydrogen (secondary N) is 2. The van der Waals surface area contributed by atoms with Crippen molar-refractivity contribution in [3.05, 3.63) is 63.3 Å². The Morgan fingerprint density at radius 1 is 0.952 bits per heavy atom. The van der Waals surface area contributed by atoms with Crippen molar-refractivity contribution in [1.82, 2.24) is 4.98 Å². The number of H-pyrrole nitrogens is 1. The minimum atomic E-state index is -2.35. The van der Waals surface area contributed by atoms with Crippen LogP contribution in [-0.4, -0.2) is 10.9 Å². The predicted octanol–water partition coefficient (Wildman–Crippen LogP) is 2.32. The van der Waals surface area contributed by atoms with Crippen LogP contribution in [0, 0.1) is 29.1 Å². The summed E-state index contributed by atoms with van der Waals surface area (Å²) in [6.07, 6.45) is 2.11. The van der Waals surface area contributed by atoms with Gasteiger partial charge in [-0.2, -0.15) is 0 Å². The molecule has 0 bridgehead atoms. The first-order valence-corrected chi connectivity index (χ1v) is 5.34. The second-order valence-corrected chi connectivity index (χ2v) is 3.82. The van der Waals surface area contributed by atoms with E-state index in [0.29, 0.717) is 0 Å². The first-order chi connectivity index (χ1) is 9.84. The van der Waals surface area contributed by atoms with E-state index in [4.69, 9.17) is 0 Å². The van der Waals surface area contributed by atoms with Gasteiger partial charge < -0.3 is 10.3 Å². The maximum absolute atomic E-state index is 13.4. The smallest absolute Gasteiger partial charge is 0.261 e. The topological polar surface area (TPSA) is 62.0 Å². The summed E-state index contributed by atoms with van der Waals surface area (Å²) in [5.41, 5.74) is -2.88. The molecule has 0 atom stereocenters. The molecule has 0 saturated heterocycles. The van der Waals surface area contributed by atoms with Crippen molar-refractivity contribution in [3.8, 4) is 0 Å². The number of halogens is 5. The highest BCUT2D eigenvalue weighted by Gasteiger charge is 2.27. The molecule has 0 aliphatic heterocycles. The average molecular weight is 304 g/mol. The van der Waals surface area contributed by atoms with Crippen LogP contribution in [0.5, 0.6) is 0 Å². The second-order valence-electron chi connectivity index (χ2n) is 3.82. The number of pyridine rings is 1. The molecule has 0 aliphatic rings. The molecule has 4 nitrogen and oxygen atoms in total. The molecule has 0 aliphatic carbocycles. The van der Waals surface area contributed by atoms with Crippen molar-refractivity contribution in [2.24, 2.45) is 0 Å². The van der Waals surface area contributed by atoms with Crippen molar-refractivity contribution in [2.75, 3.05) is 5.32 Å². The minimum absolute atomic E-state index is 0.554. The fourth-order valence-corrected chi connectivity index (χ4v) is 1.49. The number of carbonyl (C=O) groups excluding carboxylic acids is 1. The van der Waals surface area contributed by atoms with Gasteiger partial charge in [0, 0.05) is 18.5 Å². The minimum Gasteiger partial charge on any atom is -0.367 e. The molecule has 0 radical (unpaired) electrons. The number of amides is 1. The Bertz CT molecular complexity index is 759. The van der Waals surface area contributed by atoms with Crippen molar-refractivity contribution in [1.29, 1.82) is 0 Å². The Hall–Kier alpha value is -2.71. The van der Waals surface area contributed by atoms with Crippen molar-refractivity contribution in [2.45, 2.75) is 0 Å². The van der Waals surface area contributed by atoms with Crippen LogP contribution in [0.3, 0.4) is 0 Å². The van der Waals surface area contributed by atoms with E-state index in [0.717, 1.165) is 12.3 Å². The van der Waals surface area contributed by atoms with Crippen LogP contribution in [0.15, 0.2) is 23.3 Å². The summed E-state index contributed by atoms with van der Waals surface area (Å²) in [6.45, 7) is 0. The Morgan fingerprint density at radius 2 is 1.48 bits per heavy atom. The zero-order chi connectivity index (χ0) is 15.7. The third-order valence-corrected chi connectivity index (χ3v) is 2.52. The lowest BCUT2D eigenvalue weighted by Crippen LogP contribution is -2.23. The summed E-state index contributed by atoms with van der Waals surface area (Å²) in [5.74, 6) is -12.5. The lowest BCUT2D eigenvalue weighted by molar-refractivity contribution is 0.102. The van der Waals surface area contributed by atoms with Gasteiger partial charge in [0.25, 0.3) is 5.91 Å². The van der Waals surface area contributed by atoms with Crippen LogP contribution in [0.2, 0.25) is 0 Å². The number of anilines is 1. The highest BCUT2D eigenvalue weighted by Crippen LogP contribution is 2.27. The van der Waals surface area contributed by atoms with E-state index in [-0.39, 0.29) is 0 Å². The van der Waals surface area contributed by atoms with E-state index in [2.05, 4.69) is 4.98 Å². The molecule has 110 valence electrons. The average Bonchev–Trinajstić information content (AvgIpc) is 2.48. The van der Waals surface area contributed by atoms with Crippen LogP contribution in [-0.2, 0) is 0 Å². The maximum atomic E-state index is 13.4. The maximum Gasteiger partial charge on any atom is 0.261 e. The molecule has 0 saturated carbocycles. The lowest BCUT2D eigenvalue weighted by atomic mass is 10.2. The molecule has 2 aromatic rings. The van der Waals surface area contributed by atoms with Crippen molar-refractivity contribution >= 4 is 11.6 Å². The van der Waals surface area contributed by atoms with Crippen LogP contribution >= 0.6 is 0 Å². The summed E-state index contributed by atoms with van der Waals surface area (Å²) >= 11 is 0. The van der Waals surface area contributed by atoms with Crippen LogP contribution in [0.4, 0.5) is 27.6 Å². The lowest BCUT2D eigenvalue weighted by Gasteiger charge is -2.09. The fraction of sp³-hybridized carbons (Fsp3) is 0. The van der Waals surface area contributed by atoms with E-state index in [9.17, 15) is 31.5 Å². The van der Waals surface area contributed by atoms with Gasteiger partial charge in [-0.15, -0.1) is 0 Å². The Balaban J connectivity index is 2.48. The Morgan fingerprint density at radius 3 is 2.00 bits per heavy atom. The van der Waals surface area contributed by atoms with E-state index in [1.54, 1.807) is 0 Å². The molecule has 0 unspecified atom stereocenters. The van der Waals surface area contributed by atoms with Gasteiger partial charge in [-0.3, -0.25) is 9.59 Å². The molecule has 1 heterocycles.